The number of rotatable bonds is 7. The fourth-order valence-electron chi connectivity index (χ4n) is 2.59. The number of methoxy groups -OCH3 is 1. The van der Waals surface area contributed by atoms with Crippen molar-refractivity contribution in [1.29, 1.82) is 0 Å². The van der Waals surface area contributed by atoms with E-state index >= 15 is 0 Å². The van der Waals surface area contributed by atoms with Crippen LogP contribution in [-0.4, -0.2) is 39.1 Å². The van der Waals surface area contributed by atoms with Crippen LogP contribution in [0.4, 0.5) is 11.4 Å². The highest BCUT2D eigenvalue weighted by molar-refractivity contribution is 7.86. The molecule has 0 aliphatic heterocycles. The zero-order valence-corrected chi connectivity index (χ0v) is 15.7. The van der Waals surface area contributed by atoms with Crippen LogP contribution in [0.1, 0.15) is 24.2 Å². The zero-order chi connectivity index (χ0) is 19.3. The van der Waals surface area contributed by atoms with Crippen molar-refractivity contribution in [3.8, 4) is 5.75 Å². The van der Waals surface area contributed by atoms with Crippen molar-refractivity contribution in [3.63, 3.8) is 0 Å². The van der Waals surface area contributed by atoms with E-state index in [0.717, 1.165) is 24.8 Å². The van der Waals surface area contributed by atoms with Crippen LogP contribution in [0.15, 0.2) is 47.4 Å². The molecule has 8 heteroatoms. The van der Waals surface area contributed by atoms with Crippen LogP contribution >= 0.6 is 0 Å². The summed E-state index contributed by atoms with van der Waals surface area (Å²) in [5, 5.41) is 2.73. The SMILES string of the molecule is CCN(CC)c1cccc(NC(=O)c2ccc(OC)c(S(=O)(=O)O)c2)c1. The van der Waals surface area contributed by atoms with Crippen LogP contribution in [-0.2, 0) is 10.1 Å². The lowest BCUT2D eigenvalue weighted by atomic mass is 10.2. The number of anilines is 2. The van der Waals surface area contributed by atoms with Gasteiger partial charge in [0, 0.05) is 30.0 Å². The Balaban J connectivity index is 2.30. The first-order valence-electron chi connectivity index (χ1n) is 8.12. The van der Waals surface area contributed by atoms with E-state index in [1.54, 1.807) is 6.07 Å². The molecule has 1 amide bonds. The van der Waals surface area contributed by atoms with Gasteiger partial charge in [0.25, 0.3) is 16.0 Å². The van der Waals surface area contributed by atoms with E-state index in [0.29, 0.717) is 5.69 Å². The lowest BCUT2D eigenvalue weighted by Gasteiger charge is -2.21. The van der Waals surface area contributed by atoms with Crippen molar-refractivity contribution < 1.29 is 22.5 Å². The second kappa shape index (κ2) is 8.20. The third kappa shape index (κ3) is 4.53. The average Bonchev–Trinajstić information content (AvgIpc) is 2.62. The molecule has 2 rings (SSSR count). The summed E-state index contributed by atoms with van der Waals surface area (Å²) in [5.74, 6) is -0.526. The first-order valence-corrected chi connectivity index (χ1v) is 9.56. The molecule has 140 valence electrons. The van der Waals surface area contributed by atoms with E-state index in [1.165, 1.54) is 19.2 Å². The van der Waals surface area contributed by atoms with Crippen LogP contribution in [0.3, 0.4) is 0 Å². The summed E-state index contributed by atoms with van der Waals surface area (Å²) in [6.07, 6.45) is 0. The summed E-state index contributed by atoms with van der Waals surface area (Å²) in [4.78, 5) is 14.2. The Bertz CT molecular complexity index is 892. The number of carbonyl (C=O) groups excluding carboxylic acids is 1. The highest BCUT2D eigenvalue weighted by Crippen LogP contribution is 2.25. The van der Waals surface area contributed by atoms with Crippen molar-refractivity contribution in [2.75, 3.05) is 30.4 Å². The summed E-state index contributed by atoms with van der Waals surface area (Å²) in [5.41, 5.74) is 1.65. The predicted octanol–water partition coefficient (Wildman–Crippen LogP) is 3.04. The van der Waals surface area contributed by atoms with Crippen molar-refractivity contribution >= 4 is 27.4 Å². The Labute approximate surface area is 153 Å². The summed E-state index contributed by atoms with van der Waals surface area (Å²) in [6.45, 7) is 5.76. The minimum absolute atomic E-state index is 0.0346. The minimum atomic E-state index is -4.51. The quantitative estimate of drug-likeness (QED) is 0.719. The number of hydrogen-bond acceptors (Lipinski definition) is 5. The van der Waals surface area contributed by atoms with E-state index in [-0.39, 0.29) is 11.3 Å². The van der Waals surface area contributed by atoms with E-state index in [1.807, 2.05) is 32.0 Å². The number of hydrogen-bond donors (Lipinski definition) is 2. The molecule has 0 aliphatic rings. The Morgan fingerprint density at radius 2 is 1.85 bits per heavy atom. The molecule has 26 heavy (non-hydrogen) atoms. The molecular weight excluding hydrogens is 356 g/mol. The van der Waals surface area contributed by atoms with Crippen LogP contribution in [0.2, 0.25) is 0 Å². The van der Waals surface area contributed by atoms with Gasteiger partial charge < -0.3 is 15.0 Å². The van der Waals surface area contributed by atoms with Gasteiger partial charge in [-0.2, -0.15) is 8.42 Å². The molecule has 7 nitrogen and oxygen atoms in total. The van der Waals surface area contributed by atoms with Gasteiger partial charge in [0.1, 0.15) is 10.6 Å². The summed E-state index contributed by atoms with van der Waals surface area (Å²) >= 11 is 0. The van der Waals surface area contributed by atoms with Gasteiger partial charge in [0.05, 0.1) is 7.11 Å². The molecule has 0 spiro atoms. The second-order valence-electron chi connectivity index (χ2n) is 5.52. The van der Waals surface area contributed by atoms with Gasteiger partial charge in [0.15, 0.2) is 0 Å². The smallest absolute Gasteiger partial charge is 0.298 e. The molecule has 0 radical (unpaired) electrons. The maximum absolute atomic E-state index is 12.5. The molecule has 0 heterocycles. The third-order valence-corrected chi connectivity index (χ3v) is 4.81. The molecule has 0 aliphatic carbocycles. The number of nitrogens with one attached hydrogen (secondary N) is 1. The maximum atomic E-state index is 12.5. The lowest BCUT2D eigenvalue weighted by molar-refractivity contribution is 0.102. The molecule has 2 aromatic rings. The topological polar surface area (TPSA) is 95.9 Å². The van der Waals surface area contributed by atoms with Gasteiger partial charge in [-0.3, -0.25) is 9.35 Å². The fourth-order valence-corrected chi connectivity index (χ4v) is 3.27. The largest absolute Gasteiger partial charge is 0.495 e. The van der Waals surface area contributed by atoms with Crippen LogP contribution in [0.5, 0.6) is 5.75 Å². The minimum Gasteiger partial charge on any atom is -0.495 e. The maximum Gasteiger partial charge on any atom is 0.298 e. The average molecular weight is 378 g/mol. The number of nitrogens with zero attached hydrogens (tertiary/aromatic N) is 1. The van der Waals surface area contributed by atoms with Crippen LogP contribution in [0, 0.1) is 0 Å². The number of benzene rings is 2. The third-order valence-electron chi connectivity index (χ3n) is 3.94. The molecule has 0 fully saturated rings. The van der Waals surface area contributed by atoms with Gasteiger partial charge in [-0.25, -0.2) is 0 Å². The fraction of sp³-hybridized carbons (Fsp3) is 0.278. The molecule has 0 unspecified atom stereocenters. The Morgan fingerprint density at radius 3 is 2.42 bits per heavy atom. The molecule has 0 saturated carbocycles. The summed E-state index contributed by atoms with van der Waals surface area (Å²) in [7, 11) is -3.23. The normalized spacial score (nSPS) is 11.1. The number of carbonyl (C=O) groups is 1. The molecule has 0 bridgehead atoms. The van der Waals surface area contributed by atoms with Crippen molar-refractivity contribution in [2.45, 2.75) is 18.7 Å². The Kier molecular flexibility index (Phi) is 6.23. The molecule has 0 saturated heterocycles. The van der Waals surface area contributed by atoms with Crippen molar-refractivity contribution in [3.05, 3.63) is 48.0 Å². The van der Waals surface area contributed by atoms with Crippen molar-refractivity contribution in [1.82, 2.24) is 0 Å². The highest BCUT2D eigenvalue weighted by atomic mass is 32.2. The Hall–Kier alpha value is -2.58. The number of ether oxygens (including phenoxy) is 1. The first kappa shape index (κ1) is 19.7. The first-order chi connectivity index (χ1) is 12.3. The predicted molar refractivity (Wildman–Crippen MR) is 101 cm³/mol. The van der Waals surface area contributed by atoms with Gasteiger partial charge in [0.2, 0.25) is 0 Å². The van der Waals surface area contributed by atoms with E-state index < -0.39 is 20.9 Å². The highest BCUT2D eigenvalue weighted by Gasteiger charge is 2.19. The number of amides is 1. The molecule has 0 atom stereocenters. The van der Waals surface area contributed by atoms with E-state index in [2.05, 4.69) is 10.2 Å². The van der Waals surface area contributed by atoms with Gasteiger partial charge in [-0.15, -0.1) is 0 Å². The van der Waals surface area contributed by atoms with Crippen LogP contribution in [0.25, 0.3) is 0 Å². The van der Waals surface area contributed by atoms with Crippen LogP contribution < -0.4 is 15.0 Å². The van der Waals surface area contributed by atoms with E-state index in [4.69, 9.17) is 4.74 Å². The molecule has 2 N–H and O–H groups in total. The molecule has 2 aromatic carbocycles. The molecular formula is C18H22N2O5S. The second-order valence-corrected chi connectivity index (χ2v) is 6.91. The van der Waals surface area contributed by atoms with Gasteiger partial charge in [-0.05, 0) is 50.2 Å². The van der Waals surface area contributed by atoms with Crippen molar-refractivity contribution in [2.24, 2.45) is 0 Å². The zero-order valence-electron chi connectivity index (χ0n) is 14.9. The summed E-state index contributed by atoms with van der Waals surface area (Å²) < 4.78 is 37.2. The monoisotopic (exact) mass is 378 g/mol. The van der Waals surface area contributed by atoms with E-state index in [9.17, 15) is 17.8 Å². The van der Waals surface area contributed by atoms with Gasteiger partial charge >= 0.3 is 0 Å². The lowest BCUT2D eigenvalue weighted by Crippen LogP contribution is -2.22. The van der Waals surface area contributed by atoms with Gasteiger partial charge in [-0.1, -0.05) is 6.07 Å². The Morgan fingerprint density at radius 1 is 1.15 bits per heavy atom. The molecule has 0 aromatic heterocycles. The summed E-state index contributed by atoms with van der Waals surface area (Å²) in [6, 6.07) is 11.2. The standard InChI is InChI=1S/C18H22N2O5S/c1-4-20(5-2)15-8-6-7-14(12-15)19-18(21)13-9-10-16(25-3)17(11-13)26(22,23)24/h6-12H,4-5H2,1-3H3,(H,19,21)(H,22,23,24).